The Labute approximate surface area is 146 Å². The molecule has 3 aromatic rings. The maximum Gasteiger partial charge on any atom is 0.129 e. The van der Waals surface area contributed by atoms with E-state index in [0.29, 0.717) is 0 Å². The Morgan fingerprint density at radius 3 is 2.00 bits per heavy atom. The zero-order chi connectivity index (χ0) is 16.2. The van der Waals surface area contributed by atoms with Crippen molar-refractivity contribution < 1.29 is 0 Å². The lowest BCUT2D eigenvalue weighted by Gasteiger charge is -2.22. The number of hydrazone groups is 1. The van der Waals surface area contributed by atoms with Gasteiger partial charge in [0.1, 0.15) is 10.4 Å². The van der Waals surface area contributed by atoms with Crippen molar-refractivity contribution in [1.82, 2.24) is 0 Å². The molecule has 2 nitrogen and oxygen atoms in total. The first-order valence-corrected chi connectivity index (χ1v) is 8.95. The van der Waals surface area contributed by atoms with Gasteiger partial charge in [-0.25, -0.2) is 5.01 Å². The van der Waals surface area contributed by atoms with Crippen LogP contribution in [0.1, 0.15) is 16.5 Å². The molecule has 0 saturated heterocycles. The first-order valence-electron chi connectivity index (χ1n) is 8.07. The summed E-state index contributed by atoms with van der Waals surface area (Å²) in [4.78, 5) is 0. The van der Waals surface area contributed by atoms with Crippen LogP contribution in [-0.2, 0) is 6.42 Å². The molecule has 0 aliphatic carbocycles. The molecule has 0 saturated carbocycles. The molecule has 0 spiro atoms. The number of rotatable bonds is 4. The van der Waals surface area contributed by atoms with Gasteiger partial charge >= 0.3 is 0 Å². The third-order valence-corrected chi connectivity index (χ3v) is 5.19. The summed E-state index contributed by atoms with van der Waals surface area (Å²) in [6.07, 6.45) is 0.873. The van der Waals surface area contributed by atoms with Crippen molar-refractivity contribution in [2.45, 2.75) is 11.8 Å². The molecule has 1 aliphatic heterocycles. The molecule has 1 unspecified atom stereocenters. The smallest absolute Gasteiger partial charge is 0.129 e. The lowest BCUT2D eigenvalue weighted by atomic mass is 10.2. The van der Waals surface area contributed by atoms with Crippen LogP contribution in [0.15, 0.2) is 96.1 Å². The lowest BCUT2D eigenvalue weighted by Crippen LogP contribution is -2.16. The summed E-state index contributed by atoms with van der Waals surface area (Å²) in [5, 5.41) is 8.40. The Morgan fingerprint density at radius 2 is 1.33 bits per heavy atom. The van der Waals surface area contributed by atoms with Gasteiger partial charge in [0.15, 0.2) is 0 Å². The van der Waals surface area contributed by atoms with Gasteiger partial charge in [-0.3, -0.25) is 0 Å². The zero-order valence-electron chi connectivity index (χ0n) is 13.2. The molecular formula is C21H18N2S. The minimum atomic E-state index is 0.187. The van der Waals surface area contributed by atoms with Crippen LogP contribution in [-0.4, -0.2) is 5.04 Å². The molecule has 3 heteroatoms. The van der Waals surface area contributed by atoms with E-state index in [0.717, 1.165) is 17.2 Å². The van der Waals surface area contributed by atoms with Crippen molar-refractivity contribution in [2.24, 2.45) is 5.10 Å². The molecule has 4 rings (SSSR count). The SMILES string of the molecule is c1ccc(CC2=NN(c3ccccc3)C(c3ccccc3)S2)cc1. The van der Waals surface area contributed by atoms with E-state index in [-0.39, 0.29) is 5.37 Å². The van der Waals surface area contributed by atoms with Crippen LogP contribution >= 0.6 is 11.8 Å². The molecule has 3 aromatic carbocycles. The van der Waals surface area contributed by atoms with Gasteiger partial charge in [-0.15, -0.1) is 0 Å². The number of thioether (sulfide) groups is 1. The van der Waals surface area contributed by atoms with Gasteiger partial charge in [-0.2, -0.15) is 5.10 Å². The number of nitrogens with zero attached hydrogens (tertiary/aromatic N) is 2. The van der Waals surface area contributed by atoms with Crippen molar-refractivity contribution in [3.05, 3.63) is 102 Å². The topological polar surface area (TPSA) is 15.6 Å². The maximum absolute atomic E-state index is 4.92. The standard InChI is InChI=1S/C21H18N2S/c1-4-10-17(11-5-1)16-20-22-23(19-14-8-3-9-15-19)21(24-20)18-12-6-2-7-13-18/h1-15,21H,16H2. The van der Waals surface area contributed by atoms with E-state index in [1.54, 1.807) is 0 Å². The molecule has 0 fully saturated rings. The van der Waals surface area contributed by atoms with E-state index in [9.17, 15) is 0 Å². The fraction of sp³-hybridized carbons (Fsp3) is 0.0952. The summed E-state index contributed by atoms with van der Waals surface area (Å²) in [6.45, 7) is 0. The summed E-state index contributed by atoms with van der Waals surface area (Å²) in [5.74, 6) is 0. The molecule has 1 aliphatic rings. The number of hydrogen-bond acceptors (Lipinski definition) is 3. The number of hydrogen-bond donors (Lipinski definition) is 0. The van der Waals surface area contributed by atoms with E-state index in [2.05, 4.69) is 89.9 Å². The second-order valence-corrected chi connectivity index (χ2v) is 6.87. The molecule has 0 N–H and O–H groups in total. The Morgan fingerprint density at radius 1 is 0.750 bits per heavy atom. The van der Waals surface area contributed by atoms with E-state index < -0.39 is 0 Å². The molecule has 0 amide bonds. The third kappa shape index (κ3) is 3.22. The molecule has 0 aromatic heterocycles. The number of anilines is 1. The van der Waals surface area contributed by atoms with Gasteiger partial charge < -0.3 is 0 Å². The van der Waals surface area contributed by atoms with Gasteiger partial charge in [-0.05, 0) is 23.3 Å². The Balaban J connectivity index is 1.65. The lowest BCUT2D eigenvalue weighted by molar-refractivity contribution is 0.852. The first kappa shape index (κ1) is 15.0. The molecule has 0 bridgehead atoms. The normalized spacial score (nSPS) is 16.9. The first-order chi connectivity index (χ1) is 11.9. The molecule has 24 heavy (non-hydrogen) atoms. The van der Waals surface area contributed by atoms with Crippen LogP contribution in [0.2, 0.25) is 0 Å². The summed E-state index contributed by atoms with van der Waals surface area (Å²) in [5.41, 5.74) is 3.70. The Bertz CT molecular complexity index is 816. The largest absolute Gasteiger partial charge is 0.247 e. The number of para-hydroxylation sites is 1. The van der Waals surface area contributed by atoms with E-state index in [1.165, 1.54) is 11.1 Å². The van der Waals surface area contributed by atoms with Crippen molar-refractivity contribution in [1.29, 1.82) is 0 Å². The third-order valence-electron chi connectivity index (χ3n) is 3.99. The predicted molar refractivity (Wildman–Crippen MR) is 103 cm³/mol. The van der Waals surface area contributed by atoms with Crippen molar-refractivity contribution in [3.8, 4) is 0 Å². The van der Waals surface area contributed by atoms with Crippen LogP contribution in [0.3, 0.4) is 0 Å². The van der Waals surface area contributed by atoms with Crippen LogP contribution in [0, 0.1) is 0 Å². The van der Waals surface area contributed by atoms with Crippen molar-refractivity contribution in [2.75, 3.05) is 5.01 Å². The van der Waals surface area contributed by atoms with Gasteiger partial charge in [0.05, 0.1) is 5.69 Å². The highest BCUT2D eigenvalue weighted by Gasteiger charge is 2.29. The van der Waals surface area contributed by atoms with E-state index in [4.69, 9.17) is 5.10 Å². The highest BCUT2D eigenvalue weighted by Crippen LogP contribution is 2.42. The molecular weight excluding hydrogens is 312 g/mol. The number of benzene rings is 3. The second-order valence-electron chi connectivity index (χ2n) is 5.72. The van der Waals surface area contributed by atoms with Crippen molar-refractivity contribution in [3.63, 3.8) is 0 Å². The van der Waals surface area contributed by atoms with E-state index in [1.807, 2.05) is 17.8 Å². The maximum atomic E-state index is 4.92. The van der Waals surface area contributed by atoms with E-state index >= 15 is 0 Å². The van der Waals surface area contributed by atoms with Crippen molar-refractivity contribution >= 4 is 22.5 Å². The Hall–Kier alpha value is -2.52. The molecule has 1 heterocycles. The quantitative estimate of drug-likeness (QED) is 0.628. The minimum absolute atomic E-state index is 0.187. The summed E-state index contributed by atoms with van der Waals surface area (Å²) in [6, 6.07) is 31.5. The van der Waals surface area contributed by atoms with Crippen LogP contribution in [0.5, 0.6) is 0 Å². The highest BCUT2D eigenvalue weighted by molar-refractivity contribution is 8.14. The minimum Gasteiger partial charge on any atom is -0.247 e. The summed E-state index contributed by atoms with van der Waals surface area (Å²) in [7, 11) is 0. The van der Waals surface area contributed by atoms with Gasteiger partial charge in [0.25, 0.3) is 0 Å². The van der Waals surface area contributed by atoms with Gasteiger partial charge in [0, 0.05) is 6.42 Å². The molecule has 0 radical (unpaired) electrons. The average molecular weight is 330 g/mol. The molecule has 1 atom stereocenters. The highest BCUT2D eigenvalue weighted by atomic mass is 32.2. The monoisotopic (exact) mass is 330 g/mol. The van der Waals surface area contributed by atoms with Gasteiger partial charge in [-0.1, -0.05) is 90.6 Å². The molecule has 118 valence electrons. The Kier molecular flexibility index (Phi) is 4.34. The summed E-state index contributed by atoms with van der Waals surface area (Å²) >= 11 is 1.84. The predicted octanol–water partition coefficient (Wildman–Crippen LogP) is 5.49. The second kappa shape index (κ2) is 6.93. The summed E-state index contributed by atoms with van der Waals surface area (Å²) < 4.78 is 0. The van der Waals surface area contributed by atoms with Gasteiger partial charge in [0.2, 0.25) is 0 Å². The fourth-order valence-electron chi connectivity index (χ4n) is 2.82. The zero-order valence-corrected chi connectivity index (χ0v) is 14.1. The van der Waals surface area contributed by atoms with Crippen LogP contribution < -0.4 is 5.01 Å². The van der Waals surface area contributed by atoms with Crippen LogP contribution in [0.4, 0.5) is 5.69 Å². The average Bonchev–Trinajstić information content (AvgIpc) is 3.08. The fourth-order valence-corrected chi connectivity index (χ4v) is 4.03. The van der Waals surface area contributed by atoms with Crippen LogP contribution in [0.25, 0.3) is 0 Å².